The quantitative estimate of drug-likeness (QED) is 0.460. The number of pyridine rings is 1. The number of carbonyl (C=O) groups is 2. The summed E-state index contributed by atoms with van der Waals surface area (Å²) in [5, 5.41) is 14.2. The molecule has 0 aliphatic carbocycles. The average Bonchev–Trinajstić information content (AvgIpc) is 3.28. The molecule has 2 aromatic rings. The average molecular weight is 585 g/mol. The Morgan fingerprint density at radius 2 is 1.75 bits per heavy atom. The summed E-state index contributed by atoms with van der Waals surface area (Å²) in [5.41, 5.74) is 1.06. The lowest BCUT2D eigenvalue weighted by Gasteiger charge is -2.50. The SMILES string of the molecule is Cc1ccc(CN2CCC3OCCCC3(COCc3ccccn3)C2)o1.O=C(O)C(F)(F)F.O=C(O)C(F)(F)F. The molecular formula is C25H30F6N2O7. The summed E-state index contributed by atoms with van der Waals surface area (Å²) < 4.78 is 81.5. The first-order valence-electron chi connectivity index (χ1n) is 12.1. The minimum atomic E-state index is -5.08. The largest absolute Gasteiger partial charge is 0.490 e. The molecule has 0 saturated carbocycles. The van der Waals surface area contributed by atoms with Gasteiger partial charge in [-0.15, -0.1) is 0 Å². The zero-order valence-electron chi connectivity index (χ0n) is 21.5. The van der Waals surface area contributed by atoms with Gasteiger partial charge in [0.05, 0.1) is 31.6 Å². The molecular weight excluding hydrogens is 554 g/mol. The molecule has 4 rings (SSSR count). The molecule has 2 aliphatic rings. The molecule has 2 N–H and O–H groups in total. The second-order valence-corrected chi connectivity index (χ2v) is 9.26. The van der Waals surface area contributed by atoms with Crippen LogP contribution in [0.25, 0.3) is 0 Å². The number of aliphatic carboxylic acids is 2. The number of piperidine rings is 1. The van der Waals surface area contributed by atoms with Gasteiger partial charge in [-0.25, -0.2) is 9.59 Å². The molecule has 2 aliphatic heterocycles. The van der Waals surface area contributed by atoms with Crippen molar-refractivity contribution in [3.63, 3.8) is 0 Å². The number of aryl methyl sites for hydroxylation is 1. The van der Waals surface area contributed by atoms with Gasteiger partial charge in [0.15, 0.2) is 0 Å². The number of nitrogens with zero attached hydrogens (tertiary/aromatic N) is 2. The van der Waals surface area contributed by atoms with Crippen molar-refractivity contribution in [1.29, 1.82) is 0 Å². The number of furan rings is 1. The molecule has 9 nitrogen and oxygen atoms in total. The van der Waals surface area contributed by atoms with Gasteiger partial charge >= 0.3 is 24.3 Å². The van der Waals surface area contributed by atoms with Gasteiger partial charge in [0.2, 0.25) is 0 Å². The third kappa shape index (κ3) is 10.8. The van der Waals surface area contributed by atoms with Gasteiger partial charge < -0.3 is 24.1 Å². The summed E-state index contributed by atoms with van der Waals surface area (Å²) in [6, 6.07) is 10.1. The number of hydrogen-bond acceptors (Lipinski definition) is 7. The van der Waals surface area contributed by atoms with E-state index < -0.39 is 24.3 Å². The Morgan fingerprint density at radius 3 is 2.27 bits per heavy atom. The van der Waals surface area contributed by atoms with Crippen molar-refractivity contribution in [3.8, 4) is 0 Å². The van der Waals surface area contributed by atoms with Crippen LogP contribution in [-0.4, -0.2) is 76.8 Å². The molecule has 224 valence electrons. The molecule has 0 aromatic carbocycles. The zero-order chi connectivity index (χ0) is 30.0. The van der Waals surface area contributed by atoms with Crippen molar-refractivity contribution in [2.24, 2.45) is 5.41 Å². The van der Waals surface area contributed by atoms with Gasteiger partial charge in [0.25, 0.3) is 0 Å². The van der Waals surface area contributed by atoms with Crippen LogP contribution in [0.15, 0.2) is 40.9 Å². The van der Waals surface area contributed by atoms with Crippen LogP contribution in [0.4, 0.5) is 26.3 Å². The van der Waals surface area contributed by atoms with Gasteiger partial charge in [0.1, 0.15) is 11.5 Å². The van der Waals surface area contributed by atoms with E-state index in [1.165, 1.54) is 0 Å². The van der Waals surface area contributed by atoms with E-state index in [9.17, 15) is 26.3 Å². The summed E-state index contributed by atoms with van der Waals surface area (Å²) >= 11 is 0. The Labute approximate surface area is 225 Å². The molecule has 0 spiro atoms. The number of rotatable bonds is 6. The Bertz CT molecular complexity index is 1050. The summed E-state index contributed by atoms with van der Waals surface area (Å²) in [7, 11) is 0. The predicted molar refractivity (Wildman–Crippen MR) is 126 cm³/mol. The summed E-state index contributed by atoms with van der Waals surface area (Å²) in [6.07, 6.45) is -4.72. The lowest BCUT2D eigenvalue weighted by atomic mass is 9.73. The van der Waals surface area contributed by atoms with E-state index in [1.54, 1.807) is 0 Å². The van der Waals surface area contributed by atoms with Gasteiger partial charge in [-0.05, 0) is 50.5 Å². The van der Waals surface area contributed by atoms with Crippen molar-refractivity contribution >= 4 is 11.9 Å². The highest BCUT2D eigenvalue weighted by Gasteiger charge is 2.46. The number of alkyl halides is 6. The fourth-order valence-electron chi connectivity index (χ4n) is 4.36. The fourth-order valence-corrected chi connectivity index (χ4v) is 4.36. The van der Waals surface area contributed by atoms with Crippen LogP contribution < -0.4 is 0 Å². The molecule has 0 amide bonds. The Balaban J connectivity index is 0.000000333. The number of carboxylic acid groups (broad SMARTS) is 2. The number of aromatic nitrogens is 1. The van der Waals surface area contributed by atoms with Crippen LogP contribution in [0.5, 0.6) is 0 Å². The minimum Gasteiger partial charge on any atom is -0.475 e. The molecule has 2 aromatic heterocycles. The fraction of sp³-hybridized carbons (Fsp3) is 0.560. The number of likely N-dealkylation sites (tertiary alicyclic amines) is 1. The first-order chi connectivity index (χ1) is 18.6. The number of carboxylic acids is 2. The van der Waals surface area contributed by atoms with Crippen LogP contribution in [0.1, 0.15) is 36.5 Å². The highest BCUT2D eigenvalue weighted by atomic mass is 19.4. The number of ether oxygens (including phenoxy) is 2. The van der Waals surface area contributed by atoms with E-state index in [2.05, 4.69) is 16.0 Å². The topological polar surface area (TPSA) is 122 Å². The third-order valence-electron chi connectivity index (χ3n) is 6.09. The first kappa shape index (κ1) is 33.0. The summed E-state index contributed by atoms with van der Waals surface area (Å²) in [5.74, 6) is -3.49. The number of hydrogen-bond donors (Lipinski definition) is 2. The molecule has 2 unspecified atom stereocenters. The Hall–Kier alpha value is -3.17. The molecule has 40 heavy (non-hydrogen) atoms. The van der Waals surface area contributed by atoms with E-state index in [-0.39, 0.29) is 5.41 Å². The molecule has 2 fully saturated rings. The smallest absolute Gasteiger partial charge is 0.475 e. The van der Waals surface area contributed by atoms with Gasteiger partial charge in [-0.3, -0.25) is 9.88 Å². The molecule has 4 heterocycles. The summed E-state index contributed by atoms with van der Waals surface area (Å²) in [6.45, 7) is 7.07. The van der Waals surface area contributed by atoms with E-state index >= 15 is 0 Å². The van der Waals surface area contributed by atoms with Crippen LogP contribution in [0.2, 0.25) is 0 Å². The monoisotopic (exact) mass is 584 g/mol. The van der Waals surface area contributed by atoms with E-state index in [4.69, 9.17) is 33.7 Å². The van der Waals surface area contributed by atoms with Crippen molar-refractivity contribution in [2.75, 3.05) is 26.3 Å². The van der Waals surface area contributed by atoms with E-state index in [0.29, 0.717) is 12.7 Å². The maximum absolute atomic E-state index is 10.6. The maximum Gasteiger partial charge on any atom is 0.490 e. The first-order valence-corrected chi connectivity index (χ1v) is 12.1. The van der Waals surface area contributed by atoms with Gasteiger partial charge in [-0.2, -0.15) is 26.3 Å². The van der Waals surface area contributed by atoms with Crippen LogP contribution in [0, 0.1) is 12.3 Å². The predicted octanol–water partition coefficient (Wildman–Crippen LogP) is 4.84. The van der Waals surface area contributed by atoms with Crippen LogP contribution in [0.3, 0.4) is 0 Å². The second-order valence-electron chi connectivity index (χ2n) is 9.26. The van der Waals surface area contributed by atoms with Gasteiger partial charge in [0, 0.05) is 31.3 Å². The highest BCUT2D eigenvalue weighted by Crippen LogP contribution is 2.41. The van der Waals surface area contributed by atoms with Crippen molar-refractivity contribution in [1.82, 2.24) is 9.88 Å². The lowest BCUT2D eigenvalue weighted by Crippen LogP contribution is -2.56. The Morgan fingerprint density at radius 1 is 1.10 bits per heavy atom. The molecule has 0 radical (unpaired) electrons. The zero-order valence-corrected chi connectivity index (χ0v) is 21.5. The third-order valence-corrected chi connectivity index (χ3v) is 6.09. The standard InChI is InChI=1S/C21H28N2O3.2C2HF3O2/c1-17-6-7-19(26-17)13-23-11-8-20-21(15-23,9-4-12-25-20)16-24-14-18-5-2-3-10-22-18;2*3-2(4,5)1(6)7/h2-3,5-7,10,20H,4,8-9,11-16H2,1H3;2*(H,6,7). The number of halogens is 6. The van der Waals surface area contributed by atoms with Crippen molar-refractivity contribution in [2.45, 2.75) is 57.8 Å². The normalized spacial score (nSPS) is 21.2. The van der Waals surface area contributed by atoms with E-state index in [1.807, 2.05) is 37.4 Å². The molecule has 15 heteroatoms. The van der Waals surface area contributed by atoms with Crippen molar-refractivity contribution < 1.29 is 60.0 Å². The highest BCUT2D eigenvalue weighted by molar-refractivity contribution is 5.73. The lowest BCUT2D eigenvalue weighted by molar-refractivity contribution is -0.193. The second kappa shape index (κ2) is 14.5. The number of fused-ring (bicyclic) bond motifs is 1. The van der Waals surface area contributed by atoms with Crippen LogP contribution in [-0.2, 0) is 32.2 Å². The van der Waals surface area contributed by atoms with Crippen molar-refractivity contribution in [3.05, 3.63) is 53.7 Å². The Kier molecular flexibility index (Phi) is 11.9. The maximum atomic E-state index is 10.6. The van der Waals surface area contributed by atoms with Crippen LogP contribution >= 0.6 is 0 Å². The minimum absolute atomic E-state index is 0.0763. The van der Waals surface area contributed by atoms with Gasteiger partial charge in [-0.1, -0.05) is 6.07 Å². The summed E-state index contributed by atoms with van der Waals surface area (Å²) in [4.78, 5) is 24.6. The van der Waals surface area contributed by atoms with E-state index in [0.717, 1.165) is 69.3 Å². The molecule has 2 atom stereocenters. The molecule has 2 saturated heterocycles. The molecule has 0 bridgehead atoms.